The Bertz CT molecular complexity index is 308. The molecule has 0 radical (unpaired) electrons. The Labute approximate surface area is 74.7 Å². The molecule has 0 aliphatic heterocycles. The van der Waals surface area contributed by atoms with Crippen molar-refractivity contribution in [1.82, 2.24) is 4.98 Å². The molecule has 1 aromatic heterocycles. The summed E-state index contributed by atoms with van der Waals surface area (Å²) in [5, 5.41) is 17.0. The first-order valence-electron chi connectivity index (χ1n) is 3.23. The zero-order chi connectivity index (χ0) is 8.81. The zero-order valence-electron chi connectivity index (χ0n) is 6.14. The lowest BCUT2D eigenvalue weighted by atomic mass is 10.5. The van der Waals surface area contributed by atoms with E-state index in [1.165, 1.54) is 0 Å². The predicted octanol–water partition coefficient (Wildman–Crippen LogP) is 1.59. The van der Waals surface area contributed by atoms with Crippen molar-refractivity contribution < 1.29 is 0 Å². The summed E-state index contributed by atoms with van der Waals surface area (Å²) in [6.07, 6.45) is 1.63. The van der Waals surface area contributed by atoms with Crippen LogP contribution < -0.4 is 0 Å². The van der Waals surface area contributed by atoms with Crippen LogP contribution in [0.3, 0.4) is 0 Å². The van der Waals surface area contributed by atoms with Gasteiger partial charge in [0, 0.05) is 6.20 Å². The Morgan fingerprint density at radius 1 is 1.33 bits per heavy atom. The third-order valence-electron chi connectivity index (χ3n) is 1.11. The van der Waals surface area contributed by atoms with Crippen LogP contribution in [0.25, 0.3) is 0 Å². The Kier molecular flexibility index (Phi) is 3.13. The number of nitriles is 2. The molecule has 1 aromatic rings. The number of rotatable bonds is 2. The highest BCUT2D eigenvalue weighted by molar-refractivity contribution is 8.00. The van der Waals surface area contributed by atoms with Crippen molar-refractivity contribution in [1.29, 1.82) is 10.5 Å². The molecule has 0 unspecified atom stereocenters. The Morgan fingerprint density at radius 2 is 2.08 bits per heavy atom. The molecule has 0 atom stereocenters. The first kappa shape index (κ1) is 8.58. The normalized spacial score (nSPS) is 8.92. The summed E-state index contributed by atoms with van der Waals surface area (Å²) in [6.45, 7) is 0. The minimum absolute atomic E-state index is 0.667. The van der Waals surface area contributed by atoms with E-state index in [-0.39, 0.29) is 0 Å². The lowest BCUT2D eigenvalue weighted by Crippen LogP contribution is -1.93. The van der Waals surface area contributed by atoms with Crippen molar-refractivity contribution in [3.05, 3.63) is 24.4 Å². The van der Waals surface area contributed by atoms with E-state index >= 15 is 0 Å². The molecule has 4 heteroatoms. The number of nitrogens with zero attached hydrogens (tertiary/aromatic N) is 3. The predicted molar refractivity (Wildman–Crippen MR) is 45.1 cm³/mol. The van der Waals surface area contributed by atoms with Gasteiger partial charge in [-0.2, -0.15) is 10.5 Å². The molecular formula is C8H5N3S. The van der Waals surface area contributed by atoms with Crippen LogP contribution in [0, 0.1) is 22.7 Å². The van der Waals surface area contributed by atoms with Gasteiger partial charge < -0.3 is 0 Å². The number of hydrogen-bond donors (Lipinski definition) is 0. The van der Waals surface area contributed by atoms with Gasteiger partial charge in [-0.25, -0.2) is 4.98 Å². The summed E-state index contributed by atoms with van der Waals surface area (Å²) in [5.74, 6) is 0. The van der Waals surface area contributed by atoms with Crippen molar-refractivity contribution in [2.45, 2.75) is 10.3 Å². The van der Waals surface area contributed by atoms with E-state index in [9.17, 15) is 0 Å². The maximum absolute atomic E-state index is 8.47. The standard InChI is InChI=1S/C8H5N3S/c9-5-7(6-10)12-8-3-1-2-4-11-8/h1-4,7H. The summed E-state index contributed by atoms with van der Waals surface area (Å²) in [6, 6.07) is 9.10. The molecule has 0 saturated carbocycles. The van der Waals surface area contributed by atoms with Gasteiger partial charge in [0.2, 0.25) is 0 Å². The van der Waals surface area contributed by atoms with Crippen LogP contribution in [-0.2, 0) is 0 Å². The summed E-state index contributed by atoms with van der Waals surface area (Å²) < 4.78 is 0. The minimum Gasteiger partial charge on any atom is -0.250 e. The average molecular weight is 175 g/mol. The fraction of sp³-hybridized carbons (Fsp3) is 0.125. The monoisotopic (exact) mass is 175 g/mol. The van der Waals surface area contributed by atoms with E-state index in [0.717, 1.165) is 11.8 Å². The molecule has 0 fully saturated rings. The van der Waals surface area contributed by atoms with Gasteiger partial charge in [0.1, 0.15) is 0 Å². The van der Waals surface area contributed by atoms with Gasteiger partial charge in [-0.1, -0.05) is 17.8 Å². The van der Waals surface area contributed by atoms with E-state index in [4.69, 9.17) is 10.5 Å². The fourth-order valence-corrected chi connectivity index (χ4v) is 1.24. The van der Waals surface area contributed by atoms with Gasteiger partial charge in [-0.05, 0) is 12.1 Å². The smallest absolute Gasteiger partial charge is 0.184 e. The number of aromatic nitrogens is 1. The quantitative estimate of drug-likeness (QED) is 0.640. The van der Waals surface area contributed by atoms with Crippen LogP contribution in [0.2, 0.25) is 0 Å². The molecule has 0 spiro atoms. The van der Waals surface area contributed by atoms with E-state index < -0.39 is 5.25 Å². The first-order valence-corrected chi connectivity index (χ1v) is 4.11. The molecule has 0 amide bonds. The molecule has 0 saturated heterocycles. The molecular weight excluding hydrogens is 170 g/mol. The molecule has 3 nitrogen and oxygen atoms in total. The highest BCUT2D eigenvalue weighted by atomic mass is 32.2. The fourth-order valence-electron chi connectivity index (χ4n) is 0.619. The van der Waals surface area contributed by atoms with Crippen LogP contribution in [-0.4, -0.2) is 10.2 Å². The van der Waals surface area contributed by atoms with Crippen LogP contribution in [0.15, 0.2) is 29.4 Å². The lowest BCUT2D eigenvalue weighted by molar-refractivity contribution is 1.13. The molecule has 1 heterocycles. The van der Waals surface area contributed by atoms with E-state index in [1.807, 2.05) is 18.2 Å². The van der Waals surface area contributed by atoms with Crippen molar-refractivity contribution in [3.8, 4) is 12.1 Å². The summed E-state index contributed by atoms with van der Waals surface area (Å²) >= 11 is 1.16. The van der Waals surface area contributed by atoms with Crippen LogP contribution in [0.5, 0.6) is 0 Å². The van der Waals surface area contributed by atoms with E-state index in [2.05, 4.69) is 4.98 Å². The Morgan fingerprint density at radius 3 is 2.58 bits per heavy atom. The number of thioether (sulfide) groups is 1. The van der Waals surface area contributed by atoms with Crippen molar-refractivity contribution >= 4 is 11.8 Å². The highest BCUT2D eigenvalue weighted by Crippen LogP contribution is 2.18. The van der Waals surface area contributed by atoms with Gasteiger partial charge in [-0.15, -0.1) is 0 Å². The Balaban J connectivity index is 2.66. The van der Waals surface area contributed by atoms with Gasteiger partial charge in [0.15, 0.2) is 5.25 Å². The van der Waals surface area contributed by atoms with Gasteiger partial charge in [0.25, 0.3) is 0 Å². The van der Waals surface area contributed by atoms with Gasteiger partial charge in [-0.3, -0.25) is 0 Å². The van der Waals surface area contributed by atoms with Crippen molar-refractivity contribution in [2.24, 2.45) is 0 Å². The third kappa shape index (κ3) is 2.26. The minimum atomic E-state index is -0.667. The lowest BCUT2D eigenvalue weighted by Gasteiger charge is -1.97. The first-order chi connectivity index (χ1) is 5.86. The molecule has 12 heavy (non-hydrogen) atoms. The van der Waals surface area contributed by atoms with E-state index in [0.29, 0.717) is 5.03 Å². The SMILES string of the molecule is N#CC(C#N)Sc1ccccn1. The Hall–Kier alpha value is -1.52. The molecule has 0 aromatic carbocycles. The maximum Gasteiger partial charge on any atom is 0.184 e. The van der Waals surface area contributed by atoms with Crippen LogP contribution in [0.1, 0.15) is 0 Å². The second kappa shape index (κ2) is 4.38. The molecule has 0 aliphatic carbocycles. The molecule has 0 N–H and O–H groups in total. The maximum atomic E-state index is 8.47. The van der Waals surface area contributed by atoms with Crippen LogP contribution in [0.4, 0.5) is 0 Å². The second-order valence-corrected chi connectivity index (χ2v) is 3.05. The molecule has 0 bridgehead atoms. The summed E-state index contributed by atoms with van der Waals surface area (Å²) in [7, 11) is 0. The topological polar surface area (TPSA) is 60.5 Å². The molecule has 58 valence electrons. The number of pyridine rings is 1. The largest absolute Gasteiger partial charge is 0.250 e. The zero-order valence-corrected chi connectivity index (χ0v) is 6.95. The second-order valence-electron chi connectivity index (χ2n) is 1.92. The van der Waals surface area contributed by atoms with Gasteiger partial charge >= 0.3 is 0 Å². The van der Waals surface area contributed by atoms with Gasteiger partial charge in [0.05, 0.1) is 17.2 Å². The highest BCUT2D eigenvalue weighted by Gasteiger charge is 2.06. The molecule has 1 rings (SSSR count). The van der Waals surface area contributed by atoms with Crippen molar-refractivity contribution in [2.75, 3.05) is 0 Å². The summed E-state index contributed by atoms with van der Waals surface area (Å²) in [5.41, 5.74) is 0. The van der Waals surface area contributed by atoms with E-state index in [1.54, 1.807) is 18.3 Å². The average Bonchev–Trinajstić information content (AvgIpc) is 2.16. The number of hydrogen-bond acceptors (Lipinski definition) is 4. The third-order valence-corrected chi connectivity index (χ3v) is 2.04. The van der Waals surface area contributed by atoms with Crippen LogP contribution >= 0.6 is 11.8 Å². The summed E-state index contributed by atoms with van der Waals surface area (Å²) in [4.78, 5) is 3.98. The molecule has 0 aliphatic rings. The van der Waals surface area contributed by atoms with Crippen molar-refractivity contribution in [3.63, 3.8) is 0 Å².